The maximum absolute atomic E-state index is 13.2. The summed E-state index contributed by atoms with van der Waals surface area (Å²) in [6, 6.07) is 13.6. The van der Waals surface area contributed by atoms with Crippen LogP contribution in [0.4, 0.5) is 10.1 Å². The molecule has 0 spiro atoms. The summed E-state index contributed by atoms with van der Waals surface area (Å²) in [4.78, 5) is 0. The molecule has 0 radical (unpaired) electrons. The minimum atomic E-state index is -0.302. The molecule has 2 rings (SSSR count). The predicted molar refractivity (Wildman–Crippen MR) is 69.1 cm³/mol. The van der Waals surface area contributed by atoms with Gasteiger partial charge in [-0.15, -0.1) is 0 Å². The Morgan fingerprint density at radius 3 is 2.71 bits per heavy atom. The van der Waals surface area contributed by atoms with Crippen molar-refractivity contribution in [2.24, 2.45) is 5.10 Å². The predicted octanol–water partition coefficient (Wildman–Crippen LogP) is 3.93. The third-order valence-corrected chi connectivity index (χ3v) is 2.36. The summed E-state index contributed by atoms with van der Waals surface area (Å²) < 4.78 is 13.2. The van der Waals surface area contributed by atoms with Crippen molar-refractivity contribution < 1.29 is 4.39 Å². The second-order valence-electron chi connectivity index (χ2n) is 3.40. The van der Waals surface area contributed by atoms with Crippen molar-refractivity contribution in [2.75, 3.05) is 5.43 Å². The fourth-order valence-electron chi connectivity index (χ4n) is 1.31. The molecule has 0 aliphatic carbocycles. The quantitative estimate of drug-likeness (QED) is 0.646. The summed E-state index contributed by atoms with van der Waals surface area (Å²) in [7, 11) is 0. The Morgan fingerprint density at radius 1 is 1.12 bits per heavy atom. The second kappa shape index (κ2) is 5.46. The molecule has 0 amide bonds. The fourth-order valence-corrected chi connectivity index (χ4v) is 1.50. The van der Waals surface area contributed by atoms with E-state index >= 15 is 0 Å². The van der Waals surface area contributed by atoms with Gasteiger partial charge < -0.3 is 0 Å². The zero-order valence-corrected chi connectivity index (χ0v) is 9.66. The van der Waals surface area contributed by atoms with Crippen LogP contribution in [0.3, 0.4) is 0 Å². The van der Waals surface area contributed by atoms with Crippen molar-refractivity contribution in [3.63, 3.8) is 0 Å². The van der Waals surface area contributed by atoms with Gasteiger partial charge >= 0.3 is 0 Å². The summed E-state index contributed by atoms with van der Waals surface area (Å²) in [5.41, 5.74) is 3.97. The molecule has 86 valence electrons. The lowest BCUT2D eigenvalue weighted by atomic mass is 10.2. The molecule has 2 aromatic carbocycles. The third kappa shape index (κ3) is 3.29. The van der Waals surface area contributed by atoms with Gasteiger partial charge in [0.25, 0.3) is 0 Å². The van der Waals surface area contributed by atoms with Crippen LogP contribution in [-0.2, 0) is 0 Å². The lowest BCUT2D eigenvalue weighted by molar-refractivity contribution is 0.626. The van der Waals surface area contributed by atoms with Crippen LogP contribution in [0.2, 0.25) is 5.02 Å². The standard InChI is InChI=1S/C13H10ClFN2/c14-11-5-3-6-12(8-11)17-16-9-10-4-1-2-7-13(10)15/h1-9,17H/b16-9+. The minimum absolute atomic E-state index is 0.302. The zero-order valence-electron chi connectivity index (χ0n) is 8.90. The van der Waals surface area contributed by atoms with Crippen molar-refractivity contribution >= 4 is 23.5 Å². The molecule has 4 heteroatoms. The van der Waals surface area contributed by atoms with Gasteiger partial charge in [0.2, 0.25) is 0 Å². The highest BCUT2D eigenvalue weighted by molar-refractivity contribution is 6.30. The summed E-state index contributed by atoms with van der Waals surface area (Å²) in [6.45, 7) is 0. The van der Waals surface area contributed by atoms with Crippen molar-refractivity contribution in [3.8, 4) is 0 Å². The molecule has 0 aliphatic heterocycles. The van der Waals surface area contributed by atoms with Crippen LogP contribution in [0.25, 0.3) is 0 Å². The van der Waals surface area contributed by atoms with Crippen molar-refractivity contribution in [2.45, 2.75) is 0 Å². The van der Waals surface area contributed by atoms with Crippen LogP contribution in [0, 0.1) is 5.82 Å². The van der Waals surface area contributed by atoms with Crippen molar-refractivity contribution in [3.05, 3.63) is 64.9 Å². The number of hydrazone groups is 1. The van der Waals surface area contributed by atoms with Crippen LogP contribution >= 0.6 is 11.6 Å². The molecule has 1 N–H and O–H groups in total. The van der Waals surface area contributed by atoms with Gasteiger partial charge in [0.15, 0.2) is 0 Å². The summed E-state index contributed by atoms with van der Waals surface area (Å²) in [5, 5.41) is 4.56. The van der Waals surface area contributed by atoms with E-state index in [2.05, 4.69) is 10.5 Å². The minimum Gasteiger partial charge on any atom is -0.278 e. The Labute approximate surface area is 104 Å². The van der Waals surface area contributed by atoms with Gasteiger partial charge in [-0.25, -0.2) is 4.39 Å². The van der Waals surface area contributed by atoms with Gasteiger partial charge in [0, 0.05) is 10.6 Å². The summed E-state index contributed by atoms with van der Waals surface area (Å²) in [6.07, 6.45) is 1.43. The average molecular weight is 249 g/mol. The Hall–Kier alpha value is -1.87. The van der Waals surface area contributed by atoms with E-state index in [0.29, 0.717) is 10.6 Å². The smallest absolute Gasteiger partial charge is 0.132 e. The number of nitrogens with zero attached hydrogens (tertiary/aromatic N) is 1. The molecule has 2 aromatic rings. The van der Waals surface area contributed by atoms with Crippen LogP contribution in [-0.4, -0.2) is 6.21 Å². The molecule has 0 aliphatic rings. The van der Waals surface area contributed by atoms with Crippen molar-refractivity contribution in [1.82, 2.24) is 0 Å². The van der Waals surface area contributed by atoms with Crippen molar-refractivity contribution in [1.29, 1.82) is 0 Å². The Kier molecular flexibility index (Phi) is 3.73. The molecule has 0 unspecified atom stereocenters. The lowest BCUT2D eigenvalue weighted by Gasteiger charge is -2.00. The van der Waals surface area contributed by atoms with Crippen LogP contribution in [0.5, 0.6) is 0 Å². The first-order valence-electron chi connectivity index (χ1n) is 5.05. The molecule has 0 saturated carbocycles. The second-order valence-corrected chi connectivity index (χ2v) is 3.84. The topological polar surface area (TPSA) is 24.4 Å². The maximum Gasteiger partial charge on any atom is 0.132 e. The van der Waals surface area contributed by atoms with Gasteiger partial charge in [-0.3, -0.25) is 5.43 Å². The number of halogens is 2. The highest BCUT2D eigenvalue weighted by atomic mass is 35.5. The molecule has 0 bridgehead atoms. The molecular formula is C13H10ClFN2. The Balaban J connectivity index is 2.06. The fraction of sp³-hybridized carbons (Fsp3) is 0. The van der Waals surface area contributed by atoms with Gasteiger partial charge in [-0.1, -0.05) is 35.9 Å². The van der Waals surface area contributed by atoms with E-state index in [0.717, 1.165) is 5.69 Å². The van der Waals surface area contributed by atoms with E-state index in [1.165, 1.54) is 12.3 Å². The molecule has 17 heavy (non-hydrogen) atoms. The first-order valence-corrected chi connectivity index (χ1v) is 5.43. The molecular weight excluding hydrogens is 239 g/mol. The number of nitrogens with one attached hydrogen (secondary N) is 1. The number of benzene rings is 2. The molecule has 0 saturated heterocycles. The van der Waals surface area contributed by atoms with Crippen LogP contribution in [0.1, 0.15) is 5.56 Å². The SMILES string of the molecule is Fc1ccccc1/C=N/Nc1cccc(Cl)c1. The zero-order chi connectivity index (χ0) is 12.1. The number of hydrogen-bond donors (Lipinski definition) is 1. The number of rotatable bonds is 3. The van der Waals surface area contributed by atoms with Crippen LogP contribution < -0.4 is 5.43 Å². The average Bonchev–Trinajstić information content (AvgIpc) is 2.32. The van der Waals surface area contributed by atoms with E-state index in [1.54, 1.807) is 30.3 Å². The first-order chi connectivity index (χ1) is 8.25. The van der Waals surface area contributed by atoms with E-state index in [9.17, 15) is 4.39 Å². The lowest BCUT2D eigenvalue weighted by Crippen LogP contribution is -1.92. The van der Waals surface area contributed by atoms with Gasteiger partial charge in [0.1, 0.15) is 5.82 Å². The number of anilines is 1. The first kappa shape index (κ1) is 11.6. The molecule has 0 heterocycles. The molecule has 0 fully saturated rings. The van der Waals surface area contributed by atoms with E-state index in [1.807, 2.05) is 12.1 Å². The highest BCUT2D eigenvalue weighted by Gasteiger charge is 1.95. The normalized spacial score (nSPS) is 10.7. The van der Waals surface area contributed by atoms with Gasteiger partial charge in [-0.05, 0) is 24.3 Å². The number of hydrogen-bond acceptors (Lipinski definition) is 2. The molecule has 0 atom stereocenters. The summed E-state index contributed by atoms with van der Waals surface area (Å²) in [5.74, 6) is -0.302. The van der Waals surface area contributed by atoms with Gasteiger partial charge in [0.05, 0.1) is 11.9 Å². The van der Waals surface area contributed by atoms with E-state index in [-0.39, 0.29) is 5.82 Å². The Bertz CT molecular complexity index is 540. The van der Waals surface area contributed by atoms with E-state index in [4.69, 9.17) is 11.6 Å². The van der Waals surface area contributed by atoms with Crippen LogP contribution in [0.15, 0.2) is 53.6 Å². The highest BCUT2D eigenvalue weighted by Crippen LogP contribution is 2.14. The monoisotopic (exact) mass is 248 g/mol. The molecule has 2 nitrogen and oxygen atoms in total. The molecule has 0 aromatic heterocycles. The summed E-state index contributed by atoms with van der Waals surface area (Å²) >= 11 is 5.81. The largest absolute Gasteiger partial charge is 0.278 e. The van der Waals surface area contributed by atoms with E-state index < -0.39 is 0 Å². The van der Waals surface area contributed by atoms with Gasteiger partial charge in [-0.2, -0.15) is 5.10 Å². The Morgan fingerprint density at radius 2 is 1.94 bits per heavy atom. The third-order valence-electron chi connectivity index (χ3n) is 2.13. The maximum atomic E-state index is 13.2.